The zero-order valence-electron chi connectivity index (χ0n) is 13.2. The van der Waals surface area contributed by atoms with Crippen molar-refractivity contribution in [3.8, 4) is 0 Å². The molecule has 4 nitrogen and oxygen atoms in total. The first-order valence-corrected chi connectivity index (χ1v) is 7.80. The molecule has 1 saturated heterocycles. The second-order valence-electron chi connectivity index (χ2n) is 6.12. The number of carbonyl (C=O) groups is 2. The van der Waals surface area contributed by atoms with Crippen molar-refractivity contribution in [2.45, 2.75) is 31.8 Å². The minimum Gasteiger partial charge on any atom is -0.323 e. The summed E-state index contributed by atoms with van der Waals surface area (Å²) >= 11 is 0. The summed E-state index contributed by atoms with van der Waals surface area (Å²) in [5, 5.41) is 2.86. The first-order chi connectivity index (χ1) is 11.1. The minimum atomic E-state index is -0.832. The number of urea groups is 1. The molecule has 1 heterocycles. The Labute approximate surface area is 136 Å². The molecule has 0 saturated carbocycles. The monoisotopic (exact) mass is 308 g/mol. The summed E-state index contributed by atoms with van der Waals surface area (Å²) < 4.78 is 0. The van der Waals surface area contributed by atoms with Gasteiger partial charge < -0.3 is 5.32 Å². The molecule has 1 unspecified atom stereocenters. The van der Waals surface area contributed by atoms with E-state index in [4.69, 9.17) is 0 Å². The van der Waals surface area contributed by atoms with Crippen LogP contribution >= 0.6 is 0 Å². The van der Waals surface area contributed by atoms with Gasteiger partial charge in [-0.1, -0.05) is 60.7 Å². The molecule has 2 aromatic rings. The second kappa shape index (κ2) is 6.24. The van der Waals surface area contributed by atoms with Gasteiger partial charge in [0.15, 0.2) is 0 Å². The van der Waals surface area contributed by atoms with Crippen LogP contribution in [0, 0.1) is 0 Å². The average molecular weight is 308 g/mol. The lowest BCUT2D eigenvalue weighted by molar-refractivity contribution is -0.131. The largest absolute Gasteiger partial charge is 0.325 e. The van der Waals surface area contributed by atoms with Crippen molar-refractivity contribution < 1.29 is 9.59 Å². The highest BCUT2D eigenvalue weighted by Crippen LogP contribution is 2.24. The van der Waals surface area contributed by atoms with E-state index < -0.39 is 5.54 Å². The number of rotatable bonds is 5. The van der Waals surface area contributed by atoms with Gasteiger partial charge in [-0.05, 0) is 30.9 Å². The van der Waals surface area contributed by atoms with Gasteiger partial charge in [0.2, 0.25) is 0 Å². The van der Waals surface area contributed by atoms with Crippen LogP contribution < -0.4 is 5.32 Å². The normalized spacial score (nSPS) is 20.7. The Morgan fingerprint density at radius 3 is 2.09 bits per heavy atom. The topological polar surface area (TPSA) is 49.4 Å². The van der Waals surface area contributed by atoms with Gasteiger partial charge in [-0.15, -0.1) is 0 Å². The molecule has 118 valence electrons. The van der Waals surface area contributed by atoms with Gasteiger partial charge in [0.05, 0.1) is 6.54 Å². The molecule has 23 heavy (non-hydrogen) atoms. The average Bonchev–Trinajstić information content (AvgIpc) is 2.79. The summed E-state index contributed by atoms with van der Waals surface area (Å²) in [6.45, 7) is 2.12. The molecule has 0 aliphatic carbocycles. The number of aryl methyl sites for hydroxylation is 1. The van der Waals surface area contributed by atoms with Crippen LogP contribution in [0.5, 0.6) is 0 Å². The van der Waals surface area contributed by atoms with Crippen molar-refractivity contribution in [2.75, 3.05) is 0 Å². The molecular weight excluding hydrogens is 288 g/mol. The summed E-state index contributed by atoms with van der Waals surface area (Å²) in [7, 11) is 0. The lowest BCUT2D eigenvalue weighted by Gasteiger charge is -2.21. The fourth-order valence-electron chi connectivity index (χ4n) is 2.87. The zero-order valence-corrected chi connectivity index (χ0v) is 13.2. The van der Waals surface area contributed by atoms with Crippen molar-refractivity contribution >= 4 is 11.9 Å². The molecule has 1 atom stereocenters. The third-order valence-corrected chi connectivity index (χ3v) is 4.29. The van der Waals surface area contributed by atoms with Crippen molar-refractivity contribution in [1.29, 1.82) is 0 Å². The highest BCUT2D eigenvalue weighted by Gasteiger charge is 2.47. The highest BCUT2D eigenvalue weighted by atomic mass is 16.2. The molecule has 1 aliphatic heterocycles. The van der Waals surface area contributed by atoms with Crippen LogP contribution in [0.25, 0.3) is 0 Å². The SMILES string of the molecule is CC1(CCc2ccccc2)NC(=O)N(Cc2ccccc2)C1=O. The molecule has 0 spiro atoms. The quantitative estimate of drug-likeness (QED) is 0.863. The number of nitrogens with zero attached hydrogens (tertiary/aromatic N) is 1. The standard InChI is InChI=1S/C19H20N2O2/c1-19(13-12-15-8-4-2-5-9-15)17(22)21(18(23)20-19)14-16-10-6-3-7-11-16/h2-11H,12-14H2,1H3,(H,20,23). The van der Waals surface area contributed by atoms with Gasteiger partial charge in [0.1, 0.15) is 5.54 Å². The summed E-state index contributed by atoms with van der Waals surface area (Å²) in [5.41, 5.74) is 1.28. The maximum absolute atomic E-state index is 12.7. The Bertz CT molecular complexity index is 700. The molecule has 4 heteroatoms. The summed E-state index contributed by atoms with van der Waals surface area (Å²) in [4.78, 5) is 26.2. The summed E-state index contributed by atoms with van der Waals surface area (Å²) in [5.74, 6) is -0.151. The molecule has 1 fully saturated rings. The van der Waals surface area contributed by atoms with E-state index in [1.54, 1.807) is 6.92 Å². The third kappa shape index (κ3) is 3.26. The highest BCUT2D eigenvalue weighted by molar-refractivity contribution is 6.06. The Morgan fingerprint density at radius 1 is 0.913 bits per heavy atom. The molecule has 3 rings (SSSR count). The van der Waals surface area contributed by atoms with Crippen molar-refractivity contribution in [3.05, 3.63) is 71.8 Å². The van der Waals surface area contributed by atoms with E-state index >= 15 is 0 Å². The van der Waals surface area contributed by atoms with E-state index in [2.05, 4.69) is 5.32 Å². The predicted molar refractivity (Wildman–Crippen MR) is 88.7 cm³/mol. The molecule has 3 amide bonds. The summed E-state index contributed by atoms with van der Waals surface area (Å²) in [6, 6.07) is 19.2. The first kappa shape index (κ1) is 15.3. The van der Waals surface area contributed by atoms with Crippen molar-refractivity contribution in [3.63, 3.8) is 0 Å². The van der Waals surface area contributed by atoms with Gasteiger partial charge in [-0.25, -0.2) is 4.79 Å². The Hall–Kier alpha value is -2.62. The predicted octanol–water partition coefficient (Wildman–Crippen LogP) is 3.13. The van der Waals surface area contributed by atoms with E-state index in [0.717, 1.165) is 17.5 Å². The van der Waals surface area contributed by atoms with Crippen molar-refractivity contribution in [1.82, 2.24) is 10.2 Å². The van der Waals surface area contributed by atoms with E-state index in [-0.39, 0.29) is 11.9 Å². The number of hydrogen-bond acceptors (Lipinski definition) is 2. The minimum absolute atomic E-state index is 0.151. The zero-order chi connectivity index (χ0) is 16.3. The van der Waals surface area contributed by atoms with Gasteiger partial charge in [0.25, 0.3) is 5.91 Å². The van der Waals surface area contributed by atoms with Crippen LogP contribution in [-0.4, -0.2) is 22.4 Å². The maximum atomic E-state index is 12.7. The van der Waals surface area contributed by atoms with Gasteiger partial charge >= 0.3 is 6.03 Å². The molecule has 0 radical (unpaired) electrons. The number of benzene rings is 2. The number of hydrogen-bond donors (Lipinski definition) is 1. The van der Waals surface area contributed by atoms with E-state index in [1.165, 1.54) is 4.90 Å². The third-order valence-electron chi connectivity index (χ3n) is 4.29. The molecule has 2 aromatic carbocycles. The van der Waals surface area contributed by atoms with Crippen LogP contribution in [0.3, 0.4) is 0 Å². The molecule has 1 N–H and O–H groups in total. The maximum Gasteiger partial charge on any atom is 0.325 e. The molecule has 1 aliphatic rings. The number of imide groups is 1. The van der Waals surface area contributed by atoms with Crippen LogP contribution in [0.4, 0.5) is 4.79 Å². The number of amides is 3. The smallest absolute Gasteiger partial charge is 0.323 e. The van der Waals surface area contributed by atoms with Gasteiger partial charge in [0, 0.05) is 0 Å². The fourth-order valence-corrected chi connectivity index (χ4v) is 2.87. The summed E-state index contributed by atoms with van der Waals surface area (Å²) in [6.07, 6.45) is 1.34. The van der Waals surface area contributed by atoms with E-state index in [0.29, 0.717) is 13.0 Å². The van der Waals surface area contributed by atoms with Crippen LogP contribution in [-0.2, 0) is 17.8 Å². The molecule has 0 bridgehead atoms. The second-order valence-corrected chi connectivity index (χ2v) is 6.12. The lowest BCUT2D eigenvalue weighted by atomic mass is 9.93. The first-order valence-electron chi connectivity index (χ1n) is 7.80. The van der Waals surface area contributed by atoms with E-state index in [1.807, 2.05) is 60.7 Å². The Kier molecular flexibility index (Phi) is 4.15. The molecule has 0 aromatic heterocycles. The Balaban J connectivity index is 1.69. The molecular formula is C19H20N2O2. The van der Waals surface area contributed by atoms with Crippen LogP contribution in [0.2, 0.25) is 0 Å². The lowest BCUT2D eigenvalue weighted by Crippen LogP contribution is -2.44. The van der Waals surface area contributed by atoms with Crippen LogP contribution in [0.1, 0.15) is 24.5 Å². The van der Waals surface area contributed by atoms with Gasteiger partial charge in [-0.2, -0.15) is 0 Å². The van der Waals surface area contributed by atoms with Crippen molar-refractivity contribution in [2.24, 2.45) is 0 Å². The fraction of sp³-hybridized carbons (Fsp3) is 0.263. The number of nitrogens with one attached hydrogen (secondary N) is 1. The van der Waals surface area contributed by atoms with Gasteiger partial charge in [-0.3, -0.25) is 9.69 Å². The Morgan fingerprint density at radius 2 is 1.48 bits per heavy atom. The van der Waals surface area contributed by atoms with E-state index in [9.17, 15) is 9.59 Å². The number of carbonyl (C=O) groups excluding carboxylic acids is 2. The van der Waals surface area contributed by atoms with Crippen LogP contribution in [0.15, 0.2) is 60.7 Å².